The number of carbonyl (C=O) groups excluding carboxylic acids is 1. The van der Waals surface area contributed by atoms with Gasteiger partial charge >= 0.3 is 5.97 Å². The number of halogens is 1. The van der Waals surface area contributed by atoms with E-state index in [2.05, 4.69) is 4.98 Å². The van der Waals surface area contributed by atoms with Crippen LogP contribution >= 0.6 is 11.6 Å². The van der Waals surface area contributed by atoms with Crippen LogP contribution < -0.4 is 4.74 Å². The molecule has 0 fully saturated rings. The summed E-state index contributed by atoms with van der Waals surface area (Å²) in [5, 5.41) is 12.0. The molecule has 0 spiro atoms. The average molecular weight is 443 g/mol. The quantitative estimate of drug-likeness (QED) is 0.498. The van der Waals surface area contributed by atoms with Crippen molar-refractivity contribution in [3.05, 3.63) is 70.0 Å². The summed E-state index contributed by atoms with van der Waals surface area (Å²) in [5.41, 5.74) is 2.63. The molecule has 1 heterocycles. The zero-order valence-electron chi connectivity index (χ0n) is 18.3. The molecule has 6 nitrogen and oxygen atoms in total. The highest BCUT2D eigenvalue weighted by Gasteiger charge is 2.32. The van der Waals surface area contributed by atoms with Crippen LogP contribution in [0.3, 0.4) is 0 Å². The molecule has 0 saturated carbocycles. The molecule has 1 atom stereocenters. The van der Waals surface area contributed by atoms with Crippen molar-refractivity contribution < 1.29 is 19.4 Å². The monoisotopic (exact) mass is 442 g/mol. The molecular weight excluding hydrogens is 416 g/mol. The lowest BCUT2D eigenvalue weighted by Crippen LogP contribution is -2.17. The number of hydrogen-bond acceptors (Lipinski definition) is 5. The summed E-state index contributed by atoms with van der Waals surface area (Å²) in [5.74, 6) is 0.559. The number of hydrogen-bond donors (Lipinski definition) is 1. The van der Waals surface area contributed by atoms with Crippen molar-refractivity contribution in [1.82, 2.24) is 9.55 Å². The van der Waals surface area contributed by atoms with Gasteiger partial charge in [0.05, 0.1) is 25.0 Å². The van der Waals surface area contributed by atoms with Crippen LogP contribution in [0.15, 0.2) is 42.5 Å². The summed E-state index contributed by atoms with van der Waals surface area (Å²) in [6.07, 6.45) is -1.10. The van der Waals surface area contributed by atoms with E-state index >= 15 is 0 Å². The van der Waals surface area contributed by atoms with Gasteiger partial charge in [-0.15, -0.1) is 0 Å². The SMILES string of the molecule is CCOC(=O)c1nc(-c2ccccc2OC)n(C(C)C)c1C(O)c1ccc(Cl)cc1C. The zero-order chi connectivity index (χ0) is 22.7. The van der Waals surface area contributed by atoms with Crippen molar-refractivity contribution in [1.29, 1.82) is 0 Å². The van der Waals surface area contributed by atoms with E-state index in [0.29, 0.717) is 27.9 Å². The Kier molecular flexibility index (Phi) is 7.03. The number of aliphatic hydroxyl groups is 1. The molecule has 2 aromatic carbocycles. The Labute approximate surface area is 187 Å². The van der Waals surface area contributed by atoms with Crippen LogP contribution in [0.4, 0.5) is 0 Å². The minimum absolute atomic E-state index is 0.0818. The lowest BCUT2D eigenvalue weighted by molar-refractivity contribution is 0.0513. The number of methoxy groups -OCH3 is 1. The van der Waals surface area contributed by atoms with E-state index in [4.69, 9.17) is 21.1 Å². The van der Waals surface area contributed by atoms with Crippen LogP contribution in [0, 0.1) is 6.92 Å². The Balaban J connectivity index is 2.32. The topological polar surface area (TPSA) is 73.6 Å². The standard InChI is InChI=1S/C24H27ClN2O4/c1-6-31-24(29)20-21(22(28)17-12-11-16(25)13-15(17)4)27(14(2)3)23(26-20)18-9-7-8-10-19(18)30-5/h7-14,22,28H,6H2,1-5H3. The van der Waals surface area contributed by atoms with E-state index in [1.807, 2.05) is 49.6 Å². The Morgan fingerprint density at radius 1 is 1.23 bits per heavy atom. The van der Waals surface area contributed by atoms with Crippen molar-refractivity contribution >= 4 is 17.6 Å². The molecule has 0 radical (unpaired) electrons. The summed E-state index contributed by atoms with van der Waals surface area (Å²) in [4.78, 5) is 17.5. The fourth-order valence-electron chi connectivity index (χ4n) is 3.69. The minimum atomic E-state index is -1.10. The van der Waals surface area contributed by atoms with E-state index in [0.717, 1.165) is 11.1 Å². The van der Waals surface area contributed by atoms with E-state index in [9.17, 15) is 9.90 Å². The second kappa shape index (κ2) is 9.54. The highest BCUT2D eigenvalue weighted by molar-refractivity contribution is 6.30. The van der Waals surface area contributed by atoms with Crippen molar-refractivity contribution in [2.75, 3.05) is 13.7 Å². The van der Waals surface area contributed by atoms with Gasteiger partial charge in [0.25, 0.3) is 0 Å². The second-order valence-corrected chi connectivity index (χ2v) is 7.89. The fourth-order valence-corrected chi connectivity index (χ4v) is 3.92. The number of ether oxygens (including phenoxy) is 2. The summed E-state index contributed by atoms with van der Waals surface area (Å²) < 4.78 is 12.7. The van der Waals surface area contributed by atoms with Gasteiger partial charge < -0.3 is 19.1 Å². The third-order valence-electron chi connectivity index (χ3n) is 5.07. The van der Waals surface area contributed by atoms with Gasteiger partial charge in [-0.25, -0.2) is 9.78 Å². The lowest BCUT2D eigenvalue weighted by atomic mass is 9.99. The number of carbonyl (C=O) groups is 1. The number of esters is 1. The van der Waals surface area contributed by atoms with E-state index in [1.54, 1.807) is 32.2 Å². The number of aliphatic hydroxyl groups excluding tert-OH is 1. The van der Waals surface area contributed by atoms with Gasteiger partial charge in [-0.05, 0) is 63.1 Å². The van der Waals surface area contributed by atoms with Crippen LogP contribution in [-0.4, -0.2) is 34.3 Å². The van der Waals surface area contributed by atoms with Crippen LogP contribution in [0.1, 0.15) is 60.2 Å². The van der Waals surface area contributed by atoms with Crippen LogP contribution in [0.5, 0.6) is 5.75 Å². The summed E-state index contributed by atoms with van der Waals surface area (Å²) in [6, 6.07) is 12.6. The van der Waals surface area contributed by atoms with E-state index in [1.165, 1.54) is 0 Å². The number of rotatable bonds is 7. The number of aromatic nitrogens is 2. The maximum atomic E-state index is 12.9. The van der Waals surface area contributed by atoms with E-state index < -0.39 is 12.1 Å². The number of aryl methyl sites for hydroxylation is 1. The van der Waals surface area contributed by atoms with Crippen molar-refractivity contribution in [2.24, 2.45) is 0 Å². The summed E-state index contributed by atoms with van der Waals surface area (Å²) in [6.45, 7) is 7.75. The maximum absolute atomic E-state index is 12.9. The molecule has 0 bridgehead atoms. The molecule has 3 rings (SSSR count). The van der Waals surface area contributed by atoms with Gasteiger partial charge in [0.15, 0.2) is 5.69 Å². The molecule has 7 heteroatoms. The molecule has 3 aromatic rings. The lowest BCUT2D eigenvalue weighted by Gasteiger charge is -2.22. The highest BCUT2D eigenvalue weighted by atomic mass is 35.5. The fraction of sp³-hybridized carbons (Fsp3) is 0.333. The first kappa shape index (κ1) is 22.8. The molecular formula is C24H27ClN2O4. The molecule has 1 unspecified atom stereocenters. The smallest absolute Gasteiger partial charge is 0.358 e. The van der Waals surface area contributed by atoms with Gasteiger partial charge in [0.1, 0.15) is 17.7 Å². The third-order valence-corrected chi connectivity index (χ3v) is 5.30. The average Bonchev–Trinajstić information content (AvgIpc) is 3.14. The molecule has 31 heavy (non-hydrogen) atoms. The Morgan fingerprint density at radius 2 is 1.94 bits per heavy atom. The van der Waals surface area contributed by atoms with Gasteiger partial charge in [-0.1, -0.05) is 29.8 Å². The van der Waals surface area contributed by atoms with Crippen molar-refractivity contribution in [3.8, 4) is 17.1 Å². The van der Waals surface area contributed by atoms with Gasteiger partial charge in [-0.3, -0.25) is 0 Å². The van der Waals surface area contributed by atoms with E-state index in [-0.39, 0.29) is 18.3 Å². The molecule has 164 valence electrons. The van der Waals surface area contributed by atoms with Crippen LogP contribution in [0.25, 0.3) is 11.4 Å². The largest absolute Gasteiger partial charge is 0.496 e. The minimum Gasteiger partial charge on any atom is -0.496 e. The number of benzene rings is 2. The van der Waals surface area contributed by atoms with Gasteiger partial charge in [0.2, 0.25) is 0 Å². The Hall–Kier alpha value is -2.83. The Bertz CT molecular complexity index is 1090. The van der Waals surface area contributed by atoms with Crippen LogP contribution in [-0.2, 0) is 4.74 Å². The molecule has 0 aliphatic rings. The first-order valence-electron chi connectivity index (χ1n) is 10.2. The summed E-state index contributed by atoms with van der Waals surface area (Å²) >= 11 is 6.10. The number of imidazole rings is 1. The van der Waals surface area contributed by atoms with Crippen LogP contribution in [0.2, 0.25) is 5.02 Å². The second-order valence-electron chi connectivity index (χ2n) is 7.46. The van der Waals surface area contributed by atoms with Crippen molar-refractivity contribution in [2.45, 2.75) is 39.8 Å². The number of para-hydroxylation sites is 1. The predicted octanol–water partition coefficient (Wildman–Crippen LogP) is 5.36. The Morgan fingerprint density at radius 3 is 2.55 bits per heavy atom. The molecule has 1 N–H and O–H groups in total. The maximum Gasteiger partial charge on any atom is 0.358 e. The first-order valence-corrected chi connectivity index (χ1v) is 10.5. The number of nitrogens with zero attached hydrogens (tertiary/aromatic N) is 2. The molecule has 1 aromatic heterocycles. The highest BCUT2D eigenvalue weighted by Crippen LogP contribution is 2.37. The third kappa shape index (κ3) is 4.45. The summed E-state index contributed by atoms with van der Waals surface area (Å²) in [7, 11) is 1.58. The molecule has 0 saturated heterocycles. The normalized spacial score (nSPS) is 12.1. The molecule has 0 amide bonds. The van der Waals surface area contributed by atoms with Crippen molar-refractivity contribution in [3.63, 3.8) is 0 Å². The van der Waals surface area contributed by atoms with Gasteiger partial charge in [-0.2, -0.15) is 0 Å². The molecule has 0 aliphatic heterocycles. The van der Waals surface area contributed by atoms with Gasteiger partial charge in [0, 0.05) is 11.1 Å². The predicted molar refractivity (Wildman–Crippen MR) is 121 cm³/mol. The molecule has 0 aliphatic carbocycles. The first-order chi connectivity index (χ1) is 14.8. The zero-order valence-corrected chi connectivity index (χ0v) is 19.1.